The van der Waals surface area contributed by atoms with E-state index in [1.807, 2.05) is 12.4 Å². The van der Waals surface area contributed by atoms with Gasteiger partial charge in [-0.3, -0.25) is 4.98 Å². The third kappa shape index (κ3) is 2.46. The van der Waals surface area contributed by atoms with Crippen LogP contribution in [-0.4, -0.2) is 4.98 Å². The van der Waals surface area contributed by atoms with E-state index in [4.69, 9.17) is 0 Å². The first-order valence-corrected chi connectivity index (χ1v) is 8.81. The second-order valence-corrected chi connectivity index (χ2v) is 6.51. The number of pyridine rings is 1. The van der Waals surface area contributed by atoms with E-state index in [-0.39, 0.29) is 0 Å². The topological polar surface area (TPSA) is 12.9 Å². The van der Waals surface area contributed by atoms with Crippen molar-refractivity contribution in [2.45, 2.75) is 0 Å². The first kappa shape index (κ1) is 14.9. The van der Waals surface area contributed by atoms with Crippen molar-refractivity contribution in [3.8, 4) is 22.3 Å². The monoisotopic (exact) mass is 331 g/mol. The summed E-state index contributed by atoms with van der Waals surface area (Å²) in [6.07, 6.45) is 3.73. The minimum atomic E-state index is 1.20. The molecule has 4 aromatic carbocycles. The molecule has 0 aliphatic carbocycles. The van der Waals surface area contributed by atoms with Crippen LogP contribution in [0.2, 0.25) is 0 Å². The van der Waals surface area contributed by atoms with E-state index in [1.165, 1.54) is 43.8 Å². The molecular formula is C25H17N. The van der Waals surface area contributed by atoms with E-state index < -0.39 is 0 Å². The summed E-state index contributed by atoms with van der Waals surface area (Å²) in [6.45, 7) is 0. The van der Waals surface area contributed by atoms with Gasteiger partial charge in [-0.1, -0.05) is 66.7 Å². The highest BCUT2D eigenvalue weighted by molar-refractivity contribution is 6.13. The van der Waals surface area contributed by atoms with Gasteiger partial charge < -0.3 is 0 Å². The Hall–Kier alpha value is -3.45. The van der Waals surface area contributed by atoms with Crippen LogP contribution in [-0.2, 0) is 0 Å². The number of hydrogen-bond acceptors (Lipinski definition) is 1. The van der Waals surface area contributed by atoms with Crippen molar-refractivity contribution < 1.29 is 0 Å². The van der Waals surface area contributed by atoms with Gasteiger partial charge in [0.2, 0.25) is 0 Å². The molecule has 5 aromatic rings. The maximum Gasteiger partial charge on any atom is 0.0273 e. The lowest BCUT2D eigenvalue weighted by atomic mass is 9.90. The zero-order valence-corrected chi connectivity index (χ0v) is 14.3. The first-order valence-electron chi connectivity index (χ1n) is 8.81. The lowest BCUT2D eigenvalue weighted by Gasteiger charge is -2.13. The van der Waals surface area contributed by atoms with Crippen molar-refractivity contribution >= 4 is 21.5 Å². The number of hydrogen-bond donors (Lipinski definition) is 0. The molecule has 1 nitrogen and oxygen atoms in total. The lowest BCUT2D eigenvalue weighted by molar-refractivity contribution is 1.33. The summed E-state index contributed by atoms with van der Waals surface area (Å²) >= 11 is 0. The van der Waals surface area contributed by atoms with Gasteiger partial charge >= 0.3 is 0 Å². The van der Waals surface area contributed by atoms with Gasteiger partial charge in [0.25, 0.3) is 0 Å². The molecule has 0 radical (unpaired) electrons. The molecule has 1 heteroatoms. The van der Waals surface area contributed by atoms with E-state index in [2.05, 4.69) is 96.0 Å². The Labute approximate surface area is 152 Å². The second-order valence-electron chi connectivity index (χ2n) is 6.51. The molecule has 0 N–H and O–H groups in total. The summed E-state index contributed by atoms with van der Waals surface area (Å²) in [6, 6.07) is 32.4. The van der Waals surface area contributed by atoms with Gasteiger partial charge in [-0.25, -0.2) is 0 Å². The Kier molecular flexibility index (Phi) is 3.50. The Morgan fingerprint density at radius 3 is 2.04 bits per heavy atom. The highest BCUT2D eigenvalue weighted by Crippen LogP contribution is 2.37. The Balaban J connectivity index is 1.89. The highest BCUT2D eigenvalue weighted by atomic mass is 14.6. The van der Waals surface area contributed by atoms with Gasteiger partial charge in [-0.05, 0) is 68.1 Å². The van der Waals surface area contributed by atoms with Crippen LogP contribution in [0, 0.1) is 0 Å². The summed E-state index contributed by atoms with van der Waals surface area (Å²) in [5.74, 6) is 0. The van der Waals surface area contributed by atoms with Crippen LogP contribution in [0.3, 0.4) is 0 Å². The van der Waals surface area contributed by atoms with E-state index in [0.717, 1.165) is 0 Å². The summed E-state index contributed by atoms with van der Waals surface area (Å²) in [5, 5.41) is 5.07. The quantitative estimate of drug-likeness (QED) is 0.327. The molecule has 0 bridgehead atoms. The normalized spacial score (nSPS) is 11.1. The van der Waals surface area contributed by atoms with Crippen LogP contribution in [0.15, 0.2) is 103 Å². The van der Waals surface area contributed by atoms with Crippen molar-refractivity contribution in [3.05, 3.63) is 103 Å². The molecule has 5 rings (SSSR count). The predicted molar refractivity (Wildman–Crippen MR) is 110 cm³/mol. The van der Waals surface area contributed by atoms with E-state index in [0.29, 0.717) is 0 Å². The van der Waals surface area contributed by atoms with Crippen molar-refractivity contribution in [3.63, 3.8) is 0 Å². The minimum absolute atomic E-state index is 1.20. The smallest absolute Gasteiger partial charge is 0.0273 e. The minimum Gasteiger partial charge on any atom is -0.265 e. The van der Waals surface area contributed by atoms with Gasteiger partial charge in [0.05, 0.1) is 0 Å². The van der Waals surface area contributed by atoms with Gasteiger partial charge in [-0.15, -0.1) is 0 Å². The Morgan fingerprint density at radius 2 is 1.19 bits per heavy atom. The van der Waals surface area contributed by atoms with E-state index in [1.54, 1.807) is 0 Å². The van der Waals surface area contributed by atoms with E-state index >= 15 is 0 Å². The fraction of sp³-hybridized carbons (Fsp3) is 0. The maximum absolute atomic E-state index is 4.20. The molecule has 0 saturated heterocycles. The van der Waals surface area contributed by atoms with Crippen LogP contribution in [0.25, 0.3) is 43.8 Å². The lowest BCUT2D eigenvalue weighted by Crippen LogP contribution is -1.87. The number of fused-ring (bicyclic) bond motifs is 2. The number of rotatable bonds is 2. The van der Waals surface area contributed by atoms with Crippen molar-refractivity contribution in [2.75, 3.05) is 0 Å². The fourth-order valence-electron chi connectivity index (χ4n) is 3.70. The Bertz CT molecular complexity index is 1210. The molecule has 0 aliphatic rings. The van der Waals surface area contributed by atoms with Crippen LogP contribution in [0.5, 0.6) is 0 Å². The number of aromatic nitrogens is 1. The zero-order chi connectivity index (χ0) is 17.3. The molecule has 0 saturated carbocycles. The highest BCUT2D eigenvalue weighted by Gasteiger charge is 2.11. The van der Waals surface area contributed by atoms with Crippen molar-refractivity contribution in [1.82, 2.24) is 4.98 Å². The van der Waals surface area contributed by atoms with Crippen LogP contribution in [0.4, 0.5) is 0 Å². The molecule has 1 aromatic heterocycles. The van der Waals surface area contributed by atoms with Crippen LogP contribution >= 0.6 is 0 Å². The fourth-order valence-corrected chi connectivity index (χ4v) is 3.70. The largest absolute Gasteiger partial charge is 0.265 e. The van der Waals surface area contributed by atoms with Crippen molar-refractivity contribution in [1.29, 1.82) is 0 Å². The summed E-state index contributed by atoms with van der Waals surface area (Å²) in [4.78, 5) is 4.20. The predicted octanol–water partition coefficient (Wildman–Crippen LogP) is 6.72. The molecule has 0 spiro atoms. The van der Waals surface area contributed by atoms with Gasteiger partial charge in [-0.2, -0.15) is 0 Å². The molecule has 26 heavy (non-hydrogen) atoms. The second kappa shape index (κ2) is 6.12. The van der Waals surface area contributed by atoms with Crippen LogP contribution < -0.4 is 0 Å². The molecule has 0 fully saturated rings. The van der Waals surface area contributed by atoms with Crippen molar-refractivity contribution in [2.24, 2.45) is 0 Å². The first-order chi connectivity index (χ1) is 12.9. The summed E-state index contributed by atoms with van der Waals surface area (Å²) in [5.41, 5.74) is 4.96. The number of nitrogens with zero attached hydrogens (tertiary/aromatic N) is 1. The molecule has 0 amide bonds. The summed E-state index contributed by atoms with van der Waals surface area (Å²) in [7, 11) is 0. The standard InChI is InChI=1S/C25H17N/c1-2-6-18(7-3-1)20-10-11-22-16-21-8-4-5-9-23(21)25(24(22)17-20)19-12-14-26-15-13-19/h1-17H. The van der Waals surface area contributed by atoms with Gasteiger partial charge in [0.15, 0.2) is 0 Å². The van der Waals surface area contributed by atoms with Gasteiger partial charge in [0.1, 0.15) is 0 Å². The molecule has 0 unspecified atom stereocenters. The molecule has 0 aliphatic heterocycles. The molecular weight excluding hydrogens is 314 g/mol. The van der Waals surface area contributed by atoms with Gasteiger partial charge in [0, 0.05) is 12.4 Å². The van der Waals surface area contributed by atoms with E-state index in [9.17, 15) is 0 Å². The van der Waals surface area contributed by atoms with Crippen LogP contribution in [0.1, 0.15) is 0 Å². The molecule has 122 valence electrons. The summed E-state index contributed by atoms with van der Waals surface area (Å²) < 4.78 is 0. The molecule has 0 atom stereocenters. The number of benzene rings is 4. The third-order valence-electron chi connectivity index (χ3n) is 4.94. The average molecular weight is 331 g/mol. The average Bonchev–Trinajstić information content (AvgIpc) is 2.73. The Morgan fingerprint density at radius 1 is 0.462 bits per heavy atom. The zero-order valence-electron chi connectivity index (χ0n) is 14.3. The SMILES string of the molecule is c1ccc(-c2ccc3cc4ccccc4c(-c4ccncc4)c3c2)cc1. The maximum atomic E-state index is 4.20. The molecule has 1 heterocycles. The third-order valence-corrected chi connectivity index (χ3v) is 4.94.